The Morgan fingerprint density at radius 2 is 2.00 bits per heavy atom. The third kappa shape index (κ3) is 1.75. The number of hydrogen-bond donors (Lipinski definition) is 0. The van der Waals surface area contributed by atoms with Crippen molar-refractivity contribution in [2.24, 2.45) is 0 Å². The molecule has 1 aromatic carbocycles. The third-order valence-electron chi connectivity index (χ3n) is 2.42. The van der Waals surface area contributed by atoms with Gasteiger partial charge in [0.15, 0.2) is 6.29 Å². The highest BCUT2D eigenvalue weighted by atomic mass is 16.5. The predicted octanol–water partition coefficient (Wildman–Crippen LogP) is 1.62. The normalized spacial score (nSPS) is 10.2. The van der Waals surface area contributed by atoms with Crippen molar-refractivity contribution in [2.75, 3.05) is 14.2 Å². The second-order valence-electron chi connectivity index (χ2n) is 3.34. The summed E-state index contributed by atoms with van der Waals surface area (Å²) in [5, 5.41) is 0.234. The van der Waals surface area contributed by atoms with Gasteiger partial charge in [-0.25, -0.2) is 0 Å². The lowest BCUT2D eigenvalue weighted by Crippen LogP contribution is -2.09. The summed E-state index contributed by atoms with van der Waals surface area (Å²) in [6, 6.07) is 3.13. The lowest BCUT2D eigenvalue weighted by atomic mass is 10.1. The number of aldehydes is 1. The second kappa shape index (κ2) is 4.29. The van der Waals surface area contributed by atoms with E-state index in [9.17, 15) is 9.59 Å². The van der Waals surface area contributed by atoms with Crippen LogP contribution in [0.25, 0.3) is 11.0 Å². The van der Waals surface area contributed by atoms with Gasteiger partial charge >= 0.3 is 0 Å². The molecule has 0 aliphatic rings. The third-order valence-corrected chi connectivity index (χ3v) is 2.42. The van der Waals surface area contributed by atoms with Crippen molar-refractivity contribution in [1.29, 1.82) is 0 Å². The first kappa shape index (κ1) is 11.2. The molecule has 0 unspecified atom stereocenters. The molecule has 5 heteroatoms. The zero-order valence-corrected chi connectivity index (χ0v) is 9.35. The molecule has 2 aromatic rings. The zero-order chi connectivity index (χ0) is 12.4. The highest BCUT2D eigenvalue weighted by Crippen LogP contribution is 2.28. The second-order valence-corrected chi connectivity index (χ2v) is 3.34. The summed E-state index contributed by atoms with van der Waals surface area (Å²) in [6.45, 7) is 0. The molecule has 88 valence electrons. The minimum absolute atomic E-state index is 0.0408. The molecule has 2 rings (SSSR count). The van der Waals surface area contributed by atoms with E-state index < -0.39 is 5.43 Å². The Hall–Kier alpha value is -2.30. The van der Waals surface area contributed by atoms with Crippen LogP contribution in [0.3, 0.4) is 0 Å². The van der Waals surface area contributed by atoms with Crippen molar-refractivity contribution in [2.45, 2.75) is 0 Å². The van der Waals surface area contributed by atoms with E-state index in [1.807, 2.05) is 0 Å². The smallest absolute Gasteiger partial charge is 0.206 e. The summed E-state index contributed by atoms with van der Waals surface area (Å²) >= 11 is 0. The van der Waals surface area contributed by atoms with Crippen LogP contribution in [0.2, 0.25) is 0 Å². The van der Waals surface area contributed by atoms with E-state index in [2.05, 4.69) is 0 Å². The van der Waals surface area contributed by atoms with E-state index in [4.69, 9.17) is 13.9 Å². The van der Waals surface area contributed by atoms with Crippen LogP contribution < -0.4 is 14.9 Å². The summed E-state index contributed by atoms with van der Waals surface area (Å²) < 4.78 is 15.4. The fourth-order valence-corrected chi connectivity index (χ4v) is 1.57. The highest BCUT2D eigenvalue weighted by Gasteiger charge is 2.13. The fourth-order valence-electron chi connectivity index (χ4n) is 1.57. The highest BCUT2D eigenvalue weighted by molar-refractivity contribution is 5.89. The van der Waals surface area contributed by atoms with Gasteiger partial charge in [-0.05, 0) is 0 Å². The number of benzene rings is 1. The number of hydrogen-bond acceptors (Lipinski definition) is 5. The van der Waals surface area contributed by atoms with Crippen LogP contribution in [0.1, 0.15) is 10.4 Å². The number of carbonyl (C=O) groups is 1. The lowest BCUT2D eigenvalue weighted by Gasteiger charge is -2.07. The van der Waals surface area contributed by atoms with E-state index in [1.54, 1.807) is 12.1 Å². The van der Waals surface area contributed by atoms with E-state index in [0.717, 1.165) is 6.26 Å². The Morgan fingerprint density at radius 3 is 2.59 bits per heavy atom. The Labute approximate surface area is 96.6 Å². The van der Waals surface area contributed by atoms with Crippen LogP contribution in [0.5, 0.6) is 11.5 Å². The van der Waals surface area contributed by atoms with Gasteiger partial charge in [-0.2, -0.15) is 0 Å². The molecule has 0 aliphatic heterocycles. The average molecular weight is 234 g/mol. The molecule has 0 saturated heterocycles. The van der Waals surface area contributed by atoms with Crippen molar-refractivity contribution >= 4 is 17.3 Å². The molecule has 1 heterocycles. The van der Waals surface area contributed by atoms with Crippen molar-refractivity contribution in [3.63, 3.8) is 0 Å². The van der Waals surface area contributed by atoms with E-state index in [0.29, 0.717) is 23.4 Å². The molecule has 5 nitrogen and oxygen atoms in total. The van der Waals surface area contributed by atoms with Gasteiger partial charge in [0, 0.05) is 12.1 Å². The maximum Gasteiger partial charge on any atom is 0.206 e. The van der Waals surface area contributed by atoms with Crippen LogP contribution >= 0.6 is 0 Å². The first-order chi connectivity index (χ1) is 8.21. The van der Waals surface area contributed by atoms with Gasteiger partial charge < -0.3 is 13.9 Å². The van der Waals surface area contributed by atoms with Crippen molar-refractivity contribution in [3.8, 4) is 11.5 Å². The largest absolute Gasteiger partial charge is 0.496 e. The maximum absolute atomic E-state index is 11.9. The first-order valence-corrected chi connectivity index (χ1v) is 4.84. The van der Waals surface area contributed by atoms with Gasteiger partial charge in [-0.15, -0.1) is 0 Å². The SMILES string of the molecule is COc1cc(OC)c2c(=O)c(C=O)coc2c1. The van der Waals surface area contributed by atoms with Crippen LogP contribution in [0, 0.1) is 0 Å². The van der Waals surface area contributed by atoms with Crippen molar-refractivity contribution in [1.82, 2.24) is 0 Å². The molecule has 0 atom stereocenters. The molecule has 0 amide bonds. The Morgan fingerprint density at radius 1 is 1.24 bits per heavy atom. The maximum atomic E-state index is 11.9. The van der Waals surface area contributed by atoms with Crippen LogP contribution in [-0.2, 0) is 0 Å². The molecule has 0 spiro atoms. The van der Waals surface area contributed by atoms with Crippen LogP contribution in [0.15, 0.2) is 27.6 Å². The van der Waals surface area contributed by atoms with Crippen molar-refractivity contribution < 1.29 is 18.7 Å². The molecule has 0 fully saturated rings. The van der Waals surface area contributed by atoms with Crippen LogP contribution in [0.4, 0.5) is 0 Å². The summed E-state index contributed by atoms with van der Waals surface area (Å²) in [5.74, 6) is 0.827. The summed E-state index contributed by atoms with van der Waals surface area (Å²) in [6.07, 6.45) is 1.57. The molecule has 1 aromatic heterocycles. The van der Waals surface area contributed by atoms with Crippen LogP contribution in [-0.4, -0.2) is 20.5 Å². The molecular formula is C12H10O5. The quantitative estimate of drug-likeness (QED) is 0.755. The van der Waals surface area contributed by atoms with Gasteiger partial charge in [0.1, 0.15) is 28.7 Å². The van der Waals surface area contributed by atoms with Gasteiger partial charge in [-0.3, -0.25) is 9.59 Å². The minimum Gasteiger partial charge on any atom is -0.496 e. The standard InChI is InChI=1S/C12H10O5/c1-15-8-3-9(16-2)11-10(4-8)17-6-7(5-13)12(11)14/h3-6H,1-2H3. The fraction of sp³-hybridized carbons (Fsp3) is 0.167. The number of carbonyl (C=O) groups excluding carboxylic acids is 1. The minimum atomic E-state index is -0.416. The van der Waals surface area contributed by atoms with Gasteiger partial charge in [0.2, 0.25) is 5.43 Å². The molecule has 0 saturated carbocycles. The molecule has 0 aliphatic carbocycles. The summed E-state index contributed by atoms with van der Waals surface area (Å²) in [4.78, 5) is 22.6. The lowest BCUT2D eigenvalue weighted by molar-refractivity contribution is 0.112. The Bertz CT molecular complexity index is 627. The van der Waals surface area contributed by atoms with Gasteiger partial charge in [0.25, 0.3) is 0 Å². The molecule has 0 radical (unpaired) electrons. The molecule has 0 bridgehead atoms. The number of fused-ring (bicyclic) bond motifs is 1. The number of rotatable bonds is 3. The van der Waals surface area contributed by atoms with E-state index >= 15 is 0 Å². The Balaban J connectivity index is 2.90. The van der Waals surface area contributed by atoms with Crippen molar-refractivity contribution in [3.05, 3.63) is 34.2 Å². The van der Waals surface area contributed by atoms with Gasteiger partial charge in [0.05, 0.1) is 19.8 Å². The van der Waals surface area contributed by atoms with E-state index in [-0.39, 0.29) is 10.9 Å². The first-order valence-electron chi connectivity index (χ1n) is 4.84. The molecular weight excluding hydrogens is 224 g/mol. The van der Waals surface area contributed by atoms with E-state index in [1.165, 1.54) is 14.2 Å². The monoisotopic (exact) mass is 234 g/mol. The molecule has 17 heavy (non-hydrogen) atoms. The van der Waals surface area contributed by atoms with Gasteiger partial charge in [-0.1, -0.05) is 0 Å². The molecule has 0 N–H and O–H groups in total. The summed E-state index contributed by atoms with van der Waals surface area (Å²) in [7, 11) is 2.93. The predicted molar refractivity (Wildman–Crippen MR) is 61.0 cm³/mol. The number of methoxy groups -OCH3 is 2. The average Bonchev–Trinajstić information content (AvgIpc) is 2.37. The topological polar surface area (TPSA) is 65.7 Å². The summed E-state index contributed by atoms with van der Waals surface area (Å²) in [5.41, 5.74) is -0.140. The zero-order valence-electron chi connectivity index (χ0n) is 9.35. The Kier molecular flexibility index (Phi) is 2.82. The number of ether oxygens (including phenoxy) is 2.